The first-order valence-electron chi connectivity index (χ1n) is 11.1. The highest BCUT2D eigenvalue weighted by Crippen LogP contribution is 2.64. The van der Waals surface area contributed by atoms with Gasteiger partial charge in [-0.1, -0.05) is 0 Å². The summed E-state index contributed by atoms with van der Waals surface area (Å²) in [5.41, 5.74) is -3.00. The van der Waals surface area contributed by atoms with Gasteiger partial charge in [0.05, 0.1) is 26.1 Å². The van der Waals surface area contributed by atoms with Crippen LogP contribution in [-0.4, -0.2) is 84.9 Å². The molecule has 0 aliphatic carbocycles. The lowest BCUT2D eigenvalue weighted by Gasteiger charge is -2.43. The molecule has 0 unspecified atom stereocenters. The van der Waals surface area contributed by atoms with Gasteiger partial charge in [-0.05, 0) is 13.8 Å². The summed E-state index contributed by atoms with van der Waals surface area (Å²) in [7, 11) is 0. The molecule has 0 aromatic rings. The molecule has 0 aromatic carbocycles. The second kappa shape index (κ2) is 11.3. The molecule has 1 saturated heterocycles. The molecule has 1 heterocycles. The Morgan fingerprint density at radius 3 is 1.49 bits per heavy atom. The van der Waals surface area contributed by atoms with Crippen molar-refractivity contribution >= 4 is 17.9 Å². The third-order valence-electron chi connectivity index (χ3n) is 5.93. The number of cyclic esters (lactones) is 1. The molecule has 2 atom stereocenters. The van der Waals surface area contributed by atoms with Gasteiger partial charge in [-0.15, -0.1) is 0 Å². The fourth-order valence-corrected chi connectivity index (χ4v) is 3.61. The van der Waals surface area contributed by atoms with Gasteiger partial charge in [-0.3, -0.25) is 14.4 Å². The molecule has 6 nitrogen and oxygen atoms in total. The van der Waals surface area contributed by atoms with Crippen LogP contribution in [-0.2, 0) is 28.6 Å². The molecule has 0 aromatic heterocycles. The quantitative estimate of drug-likeness (QED) is 0.100. The first kappa shape index (κ1) is 38.2. The van der Waals surface area contributed by atoms with Gasteiger partial charge in [0.2, 0.25) is 0 Å². The number of esters is 3. The van der Waals surface area contributed by atoms with E-state index in [1.165, 1.54) is 6.92 Å². The summed E-state index contributed by atoms with van der Waals surface area (Å²) >= 11 is 0. The molecular formula is C20H17F17O6. The van der Waals surface area contributed by atoms with Crippen LogP contribution in [0.2, 0.25) is 0 Å². The van der Waals surface area contributed by atoms with Gasteiger partial charge in [0.1, 0.15) is 6.10 Å². The molecule has 43 heavy (non-hydrogen) atoms. The highest BCUT2D eigenvalue weighted by Gasteiger charge is 2.95. The number of hydrogen-bond acceptors (Lipinski definition) is 6. The molecule has 1 aliphatic heterocycles. The fraction of sp³-hybridized carbons (Fsp3) is 0.850. The van der Waals surface area contributed by atoms with Crippen molar-refractivity contribution in [1.82, 2.24) is 0 Å². The Labute approximate surface area is 227 Å². The normalized spacial score (nSPS) is 21.5. The standard InChI is InChI=1S/C20H17F17O6/c1-3-41-9(38)7-12(10(39)42-4-2)5-8(43-11(12)40)6-13(21,22)14(23,24)15(25,26)16(27,28)17(29,30)18(31,32)19(33,34)20(35,36)37/h8H,3-7H2,1-2H3/t8-,12+/m1/s1. The molecule has 0 N–H and O–H groups in total. The maximum atomic E-state index is 14.4. The Balaban J connectivity index is 3.54. The molecule has 0 spiro atoms. The number of hydrogen-bond donors (Lipinski definition) is 0. The minimum absolute atomic E-state index is 0.428. The topological polar surface area (TPSA) is 78.9 Å². The van der Waals surface area contributed by atoms with Gasteiger partial charge in [-0.25, -0.2) is 0 Å². The number of alkyl halides is 17. The molecule has 1 rings (SSSR count). The molecule has 252 valence electrons. The Kier molecular flexibility index (Phi) is 10.0. The Morgan fingerprint density at radius 1 is 0.698 bits per heavy atom. The van der Waals surface area contributed by atoms with Crippen LogP contribution < -0.4 is 0 Å². The molecule has 1 fully saturated rings. The molecule has 0 amide bonds. The average Bonchev–Trinajstić information content (AvgIpc) is 3.12. The first-order valence-corrected chi connectivity index (χ1v) is 11.1. The van der Waals surface area contributed by atoms with Gasteiger partial charge >= 0.3 is 65.5 Å². The van der Waals surface area contributed by atoms with Crippen molar-refractivity contribution in [3.63, 3.8) is 0 Å². The van der Waals surface area contributed by atoms with Crippen LogP contribution in [0.15, 0.2) is 0 Å². The minimum Gasteiger partial charge on any atom is -0.466 e. The van der Waals surface area contributed by atoms with E-state index in [1.54, 1.807) is 0 Å². The molecule has 23 heteroatoms. The van der Waals surface area contributed by atoms with Crippen LogP contribution in [0.4, 0.5) is 74.6 Å². The third-order valence-corrected chi connectivity index (χ3v) is 5.93. The highest BCUT2D eigenvalue weighted by atomic mass is 19.4. The zero-order valence-corrected chi connectivity index (χ0v) is 21.0. The summed E-state index contributed by atoms with van der Waals surface area (Å²) in [4.78, 5) is 36.4. The molecule has 0 bridgehead atoms. The van der Waals surface area contributed by atoms with Gasteiger partial charge in [0.15, 0.2) is 5.41 Å². The van der Waals surface area contributed by atoms with E-state index in [9.17, 15) is 89.0 Å². The van der Waals surface area contributed by atoms with Crippen LogP contribution in [0.1, 0.15) is 33.1 Å². The Bertz CT molecular complexity index is 1070. The molecule has 0 saturated carbocycles. The van der Waals surface area contributed by atoms with Gasteiger partial charge in [-0.2, -0.15) is 74.6 Å². The van der Waals surface area contributed by atoms with E-state index in [1.807, 2.05) is 0 Å². The summed E-state index contributed by atoms with van der Waals surface area (Å²) in [6.45, 7) is 1.26. The monoisotopic (exact) mass is 676 g/mol. The van der Waals surface area contributed by atoms with E-state index >= 15 is 0 Å². The smallest absolute Gasteiger partial charge is 0.460 e. The van der Waals surface area contributed by atoms with E-state index < -0.39 is 110 Å². The summed E-state index contributed by atoms with van der Waals surface area (Å²) in [6.07, 6.45) is -17.0. The fourth-order valence-electron chi connectivity index (χ4n) is 3.61. The van der Waals surface area contributed by atoms with Crippen molar-refractivity contribution in [1.29, 1.82) is 0 Å². The van der Waals surface area contributed by atoms with Crippen molar-refractivity contribution < 1.29 is 103 Å². The number of carbonyl (C=O) groups excluding carboxylic acids is 3. The number of halogens is 17. The zero-order chi connectivity index (χ0) is 34.5. The lowest BCUT2D eigenvalue weighted by atomic mass is 9.80. The SMILES string of the molecule is CCOC(=O)C[C@]1(C(=O)OCC)C[C@H](CC(F)(F)C(F)(F)C(F)(F)C(F)(F)C(F)(F)C(F)(F)C(F)(F)C(F)(F)F)OC1=O. The van der Waals surface area contributed by atoms with Crippen molar-refractivity contribution in [2.45, 2.75) is 86.8 Å². The summed E-state index contributed by atoms with van der Waals surface area (Å²) < 4.78 is 242. The van der Waals surface area contributed by atoms with Crippen LogP contribution in [0.3, 0.4) is 0 Å². The summed E-state index contributed by atoms with van der Waals surface area (Å²) in [5.74, 6) is -63.1. The van der Waals surface area contributed by atoms with E-state index in [0.29, 0.717) is 0 Å². The van der Waals surface area contributed by atoms with Crippen LogP contribution in [0.25, 0.3) is 0 Å². The van der Waals surface area contributed by atoms with E-state index in [2.05, 4.69) is 14.2 Å². The van der Waals surface area contributed by atoms with E-state index in [0.717, 1.165) is 6.92 Å². The largest absolute Gasteiger partial charge is 0.466 e. The first-order chi connectivity index (χ1) is 18.9. The molecule has 1 aliphatic rings. The third kappa shape index (κ3) is 5.75. The van der Waals surface area contributed by atoms with Crippen LogP contribution >= 0.6 is 0 Å². The molecule has 0 radical (unpaired) electrons. The summed E-state index contributed by atoms with van der Waals surface area (Å²) in [5, 5.41) is 0. The highest BCUT2D eigenvalue weighted by molar-refractivity contribution is 6.04. The van der Waals surface area contributed by atoms with Crippen molar-refractivity contribution in [3.05, 3.63) is 0 Å². The van der Waals surface area contributed by atoms with Crippen LogP contribution in [0, 0.1) is 5.41 Å². The van der Waals surface area contributed by atoms with Gasteiger partial charge in [0, 0.05) is 6.42 Å². The maximum Gasteiger partial charge on any atom is 0.460 e. The second-order valence-corrected chi connectivity index (χ2v) is 8.87. The minimum atomic E-state index is -8.79. The lowest BCUT2D eigenvalue weighted by molar-refractivity contribution is -0.462. The zero-order valence-electron chi connectivity index (χ0n) is 21.0. The van der Waals surface area contributed by atoms with Gasteiger partial charge < -0.3 is 14.2 Å². The van der Waals surface area contributed by atoms with Crippen LogP contribution in [0.5, 0.6) is 0 Å². The Morgan fingerprint density at radius 2 is 1.09 bits per heavy atom. The predicted molar refractivity (Wildman–Crippen MR) is 100 cm³/mol. The van der Waals surface area contributed by atoms with E-state index in [4.69, 9.17) is 0 Å². The van der Waals surface area contributed by atoms with Gasteiger partial charge in [0.25, 0.3) is 0 Å². The van der Waals surface area contributed by atoms with Crippen molar-refractivity contribution in [2.75, 3.05) is 13.2 Å². The average molecular weight is 676 g/mol. The lowest BCUT2D eigenvalue weighted by Crippen LogP contribution is -2.74. The maximum absolute atomic E-state index is 14.4. The Hall–Kier alpha value is -2.78. The predicted octanol–water partition coefficient (Wildman–Crippen LogP) is 6.20. The number of rotatable bonds is 13. The van der Waals surface area contributed by atoms with E-state index in [-0.39, 0.29) is 0 Å². The number of carbonyl (C=O) groups is 3. The summed E-state index contributed by atoms with van der Waals surface area (Å²) in [6, 6.07) is 0. The molecular weight excluding hydrogens is 659 g/mol. The van der Waals surface area contributed by atoms with Crippen molar-refractivity contribution in [2.24, 2.45) is 5.41 Å². The second-order valence-electron chi connectivity index (χ2n) is 8.87. The van der Waals surface area contributed by atoms with Crippen molar-refractivity contribution in [3.8, 4) is 0 Å². The number of ether oxygens (including phenoxy) is 3.